The van der Waals surface area contributed by atoms with Crippen LogP contribution < -0.4 is 0 Å². The number of carbonyl (C=O) groups is 1. The fourth-order valence-electron chi connectivity index (χ4n) is 4.12. The maximum Gasteiger partial charge on any atom is 0.250 e. The summed E-state index contributed by atoms with van der Waals surface area (Å²) < 4.78 is 6.63. The number of hydrogen-bond donors (Lipinski definition) is 0. The van der Waals surface area contributed by atoms with Crippen molar-refractivity contribution in [2.75, 3.05) is 0 Å². The largest absolute Gasteiger partial charge is 0.546 e. The Labute approximate surface area is 151 Å². The van der Waals surface area contributed by atoms with Crippen LogP contribution >= 0.6 is 0 Å². The average Bonchev–Trinajstić information content (AvgIpc) is 2.54. The summed E-state index contributed by atoms with van der Waals surface area (Å²) in [5.41, 5.74) is 0.578. The molecule has 0 spiro atoms. The maximum atomic E-state index is 13.0. The third-order valence-electron chi connectivity index (χ3n) is 6.60. The number of ketones is 1. The van der Waals surface area contributed by atoms with Crippen molar-refractivity contribution in [3.63, 3.8) is 0 Å². The predicted octanol–water partition coefficient (Wildman–Crippen LogP) is 6.38. The summed E-state index contributed by atoms with van der Waals surface area (Å²) >= 11 is 0. The van der Waals surface area contributed by atoms with E-state index < -0.39 is 16.4 Å². The number of fused-ring (bicyclic) bond motifs is 1. The normalized spacial score (nSPS) is 29.6. The molecule has 0 amide bonds. The second-order valence-electron chi connectivity index (χ2n) is 10.6. The highest BCUT2D eigenvalue weighted by molar-refractivity contribution is 6.78. The van der Waals surface area contributed by atoms with Gasteiger partial charge in [-0.05, 0) is 48.5 Å². The average molecular weight is 367 g/mol. The van der Waals surface area contributed by atoms with Crippen LogP contribution in [0.15, 0.2) is 11.8 Å². The number of Topliss-reactive ketones (excluding diaryl/α,β-unsaturated/α-hetero) is 1. The molecule has 0 N–H and O–H groups in total. The zero-order valence-electron chi connectivity index (χ0n) is 17.2. The Balaban J connectivity index is 2.37. The van der Waals surface area contributed by atoms with Gasteiger partial charge in [-0.15, -0.1) is 0 Å². The first-order chi connectivity index (χ1) is 10.8. The number of rotatable bonds is 3. The Kier molecular flexibility index (Phi) is 5.61. The summed E-state index contributed by atoms with van der Waals surface area (Å²) in [5, 5.41) is 0.171. The Hall–Kier alpha value is -0.356. The van der Waals surface area contributed by atoms with E-state index in [1.165, 1.54) is 19.3 Å². The Morgan fingerprint density at radius 2 is 1.62 bits per heavy atom. The molecule has 4 heteroatoms. The van der Waals surface area contributed by atoms with Gasteiger partial charge < -0.3 is 4.43 Å². The highest BCUT2D eigenvalue weighted by Gasteiger charge is 2.45. The molecule has 0 saturated heterocycles. The molecule has 0 radical (unpaired) electrons. The van der Waals surface area contributed by atoms with E-state index in [0.29, 0.717) is 23.7 Å². The molecular formula is C20H38O2Si2. The molecule has 2 aliphatic rings. The molecular weight excluding hydrogens is 328 g/mol. The third kappa shape index (κ3) is 4.24. The fourth-order valence-corrected chi connectivity index (χ4v) is 7.59. The van der Waals surface area contributed by atoms with Crippen LogP contribution in [0, 0.1) is 11.8 Å². The van der Waals surface area contributed by atoms with Gasteiger partial charge in [0.2, 0.25) is 8.32 Å². The van der Waals surface area contributed by atoms with Gasteiger partial charge in [0.05, 0.1) is 20.3 Å². The number of carbonyl (C=O) groups excluding carboxylic acids is 1. The molecule has 2 nitrogen and oxygen atoms in total. The lowest BCUT2D eigenvalue weighted by Crippen LogP contribution is -2.40. The Bertz CT molecular complexity index is 509. The first-order valence-corrected chi connectivity index (χ1v) is 16.2. The minimum Gasteiger partial charge on any atom is -0.546 e. The molecule has 3 atom stereocenters. The van der Waals surface area contributed by atoms with Crippen molar-refractivity contribution in [1.82, 2.24) is 0 Å². The molecule has 0 aliphatic heterocycles. The molecule has 0 bridgehead atoms. The predicted molar refractivity (Wildman–Crippen MR) is 109 cm³/mol. The summed E-state index contributed by atoms with van der Waals surface area (Å²) in [6.07, 6.45) is 7.81. The van der Waals surface area contributed by atoms with Gasteiger partial charge in [-0.25, -0.2) is 0 Å². The van der Waals surface area contributed by atoms with E-state index in [2.05, 4.69) is 59.6 Å². The van der Waals surface area contributed by atoms with Crippen LogP contribution in [-0.4, -0.2) is 22.2 Å². The van der Waals surface area contributed by atoms with Gasteiger partial charge in [-0.3, -0.25) is 4.79 Å². The minimum absolute atomic E-state index is 0.171. The van der Waals surface area contributed by atoms with Crippen LogP contribution in [0.4, 0.5) is 0 Å². The van der Waals surface area contributed by atoms with Crippen molar-refractivity contribution < 1.29 is 9.22 Å². The van der Waals surface area contributed by atoms with E-state index in [1.54, 1.807) is 0 Å². The van der Waals surface area contributed by atoms with E-state index in [0.717, 1.165) is 12.2 Å². The van der Waals surface area contributed by atoms with Crippen molar-refractivity contribution in [2.24, 2.45) is 11.8 Å². The van der Waals surface area contributed by atoms with Crippen LogP contribution in [0.1, 0.15) is 52.9 Å². The SMILES string of the molecule is CC(C)(C)[Si](C)(C)OC1=C[C@@H]([Si](C)(C)C)[C@H]2CCCC[C@H]2C(=O)C1. The molecule has 0 unspecified atom stereocenters. The highest BCUT2D eigenvalue weighted by Crippen LogP contribution is 2.48. The van der Waals surface area contributed by atoms with Gasteiger partial charge in [-0.1, -0.05) is 53.3 Å². The third-order valence-corrected chi connectivity index (χ3v) is 13.6. The Morgan fingerprint density at radius 3 is 2.17 bits per heavy atom. The smallest absolute Gasteiger partial charge is 0.250 e. The molecule has 1 fully saturated rings. The second-order valence-corrected chi connectivity index (χ2v) is 20.7. The monoisotopic (exact) mass is 366 g/mol. The summed E-state index contributed by atoms with van der Waals surface area (Å²) in [6, 6.07) is 0. The first-order valence-electron chi connectivity index (χ1n) is 9.75. The number of allylic oxidation sites excluding steroid dienone is 2. The quantitative estimate of drug-likeness (QED) is 0.542. The topological polar surface area (TPSA) is 26.3 Å². The van der Waals surface area contributed by atoms with Crippen molar-refractivity contribution in [3.8, 4) is 0 Å². The molecule has 0 aromatic carbocycles. The standard InChI is InChI=1S/C20H38O2Si2/c1-20(2,3)24(7,8)22-15-13-18(21)16-11-9-10-12-17(16)19(14-15)23(4,5)6/h14,16-17,19H,9-13H2,1-8H3/t16-,17+,19-/m1/s1. The molecule has 0 heterocycles. The summed E-state index contributed by atoms with van der Waals surface area (Å²) in [6.45, 7) is 18.8. The molecule has 2 aliphatic carbocycles. The van der Waals surface area contributed by atoms with Gasteiger partial charge in [0.15, 0.2) is 0 Å². The van der Waals surface area contributed by atoms with Crippen LogP contribution in [0.2, 0.25) is 43.3 Å². The van der Waals surface area contributed by atoms with Crippen molar-refractivity contribution in [3.05, 3.63) is 11.8 Å². The second kappa shape index (κ2) is 6.75. The van der Waals surface area contributed by atoms with Crippen LogP contribution in [0.3, 0.4) is 0 Å². The van der Waals surface area contributed by atoms with Gasteiger partial charge in [0.25, 0.3) is 0 Å². The molecule has 24 heavy (non-hydrogen) atoms. The van der Waals surface area contributed by atoms with Gasteiger partial charge in [0.1, 0.15) is 5.78 Å². The van der Waals surface area contributed by atoms with Crippen molar-refractivity contribution in [2.45, 2.75) is 96.2 Å². The highest BCUT2D eigenvalue weighted by atomic mass is 28.4. The lowest BCUT2D eigenvalue weighted by molar-refractivity contribution is -0.124. The zero-order valence-corrected chi connectivity index (χ0v) is 19.2. The molecule has 0 aromatic heterocycles. The lowest BCUT2D eigenvalue weighted by Gasteiger charge is -2.39. The van der Waals surface area contributed by atoms with E-state index in [-0.39, 0.29) is 11.0 Å². The molecule has 138 valence electrons. The van der Waals surface area contributed by atoms with Crippen LogP contribution in [-0.2, 0) is 9.22 Å². The fraction of sp³-hybridized carbons (Fsp3) is 0.850. The first kappa shape index (κ1) is 20.0. The summed E-state index contributed by atoms with van der Waals surface area (Å²) in [4.78, 5) is 13.0. The van der Waals surface area contributed by atoms with Crippen molar-refractivity contribution >= 4 is 22.2 Å². The van der Waals surface area contributed by atoms with Crippen LogP contribution in [0.25, 0.3) is 0 Å². The lowest BCUT2D eigenvalue weighted by atomic mass is 9.75. The summed E-state index contributed by atoms with van der Waals surface area (Å²) in [5.74, 6) is 2.31. The minimum atomic E-state index is -1.89. The van der Waals surface area contributed by atoms with Gasteiger partial charge in [0, 0.05) is 5.92 Å². The van der Waals surface area contributed by atoms with Crippen molar-refractivity contribution in [1.29, 1.82) is 0 Å². The zero-order chi connectivity index (χ0) is 18.3. The number of hydrogen-bond acceptors (Lipinski definition) is 2. The van der Waals surface area contributed by atoms with Crippen LogP contribution in [0.5, 0.6) is 0 Å². The van der Waals surface area contributed by atoms with E-state index in [4.69, 9.17) is 4.43 Å². The van der Waals surface area contributed by atoms with E-state index in [1.807, 2.05) is 0 Å². The molecule has 2 rings (SSSR count). The molecule has 1 saturated carbocycles. The Morgan fingerprint density at radius 1 is 1.04 bits per heavy atom. The molecule has 0 aromatic rings. The summed E-state index contributed by atoms with van der Waals surface area (Å²) in [7, 11) is -3.27. The van der Waals surface area contributed by atoms with E-state index in [9.17, 15) is 4.79 Å². The van der Waals surface area contributed by atoms with Gasteiger partial charge in [-0.2, -0.15) is 0 Å². The van der Waals surface area contributed by atoms with Gasteiger partial charge >= 0.3 is 0 Å². The maximum absolute atomic E-state index is 13.0. The van der Waals surface area contributed by atoms with E-state index >= 15 is 0 Å².